The summed E-state index contributed by atoms with van der Waals surface area (Å²) in [7, 11) is 1.81. The van der Waals surface area contributed by atoms with Crippen LogP contribution in [0, 0.1) is 0 Å². The summed E-state index contributed by atoms with van der Waals surface area (Å²) in [6, 6.07) is 7.97. The van der Waals surface area contributed by atoms with Gasteiger partial charge in [-0.05, 0) is 17.7 Å². The van der Waals surface area contributed by atoms with Crippen LogP contribution >= 0.6 is 15.9 Å². The summed E-state index contributed by atoms with van der Waals surface area (Å²) < 4.78 is 6.50. The van der Waals surface area contributed by atoms with Crippen molar-refractivity contribution in [1.29, 1.82) is 0 Å². The normalized spacial score (nSPS) is 19.6. The number of carbonyl (C=O) groups is 1. The quantitative estimate of drug-likeness (QED) is 0.917. The predicted molar refractivity (Wildman–Crippen MR) is 73.2 cm³/mol. The molecule has 1 saturated heterocycles. The van der Waals surface area contributed by atoms with Crippen LogP contribution in [-0.2, 0) is 16.1 Å². The Hall–Kier alpha value is -0.910. The van der Waals surface area contributed by atoms with Crippen molar-refractivity contribution in [3.63, 3.8) is 0 Å². The molecule has 0 radical (unpaired) electrons. The Morgan fingerprint density at radius 2 is 2.22 bits per heavy atom. The molecule has 0 spiro atoms. The molecule has 0 bridgehead atoms. The summed E-state index contributed by atoms with van der Waals surface area (Å²) in [5.41, 5.74) is 1.11. The first-order valence-corrected chi connectivity index (χ1v) is 6.78. The molecule has 5 heteroatoms. The van der Waals surface area contributed by atoms with Gasteiger partial charge < -0.3 is 15.0 Å². The lowest BCUT2D eigenvalue weighted by molar-refractivity contribution is -0.144. The van der Waals surface area contributed by atoms with Gasteiger partial charge in [-0.25, -0.2) is 0 Å². The van der Waals surface area contributed by atoms with Gasteiger partial charge in [0.1, 0.15) is 6.10 Å². The monoisotopic (exact) mass is 312 g/mol. The van der Waals surface area contributed by atoms with E-state index in [9.17, 15) is 4.79 Å². The van der Waals surface area contributed by atoms with Crippen LogP contribution in [0.5, 0.6) is 0 Å². The molecule has 4 nitrogen and oxygen atoms in total. The number of amides is 1. The molecule has 1 atom stereocenters. The van der Waals surface area contributed by atoms with Gasteiger partial charge in [0, 0.05) is 31.2 Å². The van der Waals surface area contributed by atoms with Crippen LogP contribution in [0.4, 0.5) is 0 Å². The Kier molecular flexibility index (Phi) is 4.74. The van der Waals surface area contributed by atoms with E-state index < -0.39 is 0 Å². The number of morpholine rings is 1. The molecular weight excluding hydrogens is 296 g/mol. The molecule has 2 rings (SSSR count). The van der Waals surface area contributed by atoms with Gasteiger partial charge in [-0.2, -0.15) is 0 Å². The van der Waals surface area contributed by atoms with Gasteiger partial charge in [-0.1, -0.05) is 28.1 Å². The minimum absolute atomic E-state index is 0.0325. The number of rotatable bonds is 3. The standard InChI is InChI=1S/C13H17BrN2O2/c1-16(9-10-2-4-11(14)5-3-10)13(17)12-8-15-6-7-18-12/h2-5,12,15H,6-9H2,1H3. The summed E-state index contributed by atoms with van der Waals surface area (Å²) in [4.78, 5) is 13.8. The number of halogens is 1. The molecule has 1 aromatic rings. The second-order valence-electron chi connectivity index (χ2n) is 4.38. The van der Waals surface area contributed by atoms with Gasteiger partial charge in [0.15, 0.2) is 0 Å². The van der Waals surface area contributed by atoms with E-state index in [1.165, 1.54) is 0 Å². The summed E-state index contributed by atoms with van der Waals surface area (Å²) in [5, 5.41) is 3.16. The zero-order chi connectivity index (χ0) is 13.0. The lowest BCUT2D eigenvalue weighted by atomic mass is 10.2. The third-order valence-electron chi connectivity index (χ3n) is 2.91. The second kappa shape index (κ2) is 6.31. The fourth-order valence-corrected chi connectivity index (χ4v) is 2.18. The fraction of sp³-hybridized carbons (Fsp3) is 0.462. The maximum atomic E-state index is 12.1. The molecule has 0 aliphatic carbocycles. The third-order valence-corrected chi connectivity index (χ3v) is 3.44. The molecule has 1 fully saturated rings. The number of carbonyl (C=O) groups excluding carboxylic acids is 1. The van der Waals surface area contributed by atoms with Gasteiger partial charge >= 0.3 is 0 Å². The molecule has 1 aliphatic rings. The van der Waals surface area contributed by atoms with Crippen LogP contribution in [0.25, 0.3) is 0 Å². The molecule has 1 amide bonds. The first kappa shape index (κ1) is 13.5. The fourth-order valence-electron chi connectivity index (χ4n) is 1.91. The molecule has 1 heterocycles. The summed E-state index contributed by atoms with van der Waals surface area (Å²) in [5.74, 6) is 0.0325. The van der Waals surface area contributed by atoms with Crippen LogP contribution in [-0.4, -0.2) is 43.7 Å². The highest BCUT2D eigenvalue weighted by atomic mass is 79.9. The van der Waals surface area contributed by atoms with Crippen molar-refractivity contribution >= 4 is 21.8 Å². The minimum atomic E-state index is -0.348. The van der Waals surface area contributed by atoms with E-state index >= 15 is 0 Å². The largest absolute Gasteiger partial charge is 0.366 e. The highest BCUT2D eigenvalue weighted by molar-refractivity contribution is 9.10. The Balaban J connectivity index is 1.92. The number of hydrogen-bond donors (Lipinski definition) is 1. The maximum Gasteiger partial charge on any atom is 0.253 e. The summed E-state index contributed by atoms with van der Waals surface area (Å²) in [6.07, 6.45) is -0.348. The number of nitrogens with zero attached hydrogens (tertiary/aromatic N) is 1. The van der Waals surface area contributed by atoms with Gasteiger partial charge in [0.25, 0.3) is 5.91 Å². The van der Waals surface area contributed by atoms with Crippen molar-refractivity contribution in [3.8, 4) is 0 Å². The van der Waals surface area contributed by atoms with Crippen LogP contribution in [0.2, 0.25) is 0 Å². The van der Waals surface area contributed by atoms with E-state index in [1.54, 1.807) is 4.90 Å². The van der Waals surface area contributed by atoms with Gasteiger partial charge in [0.2, 0.25) is 0 Å². The summed E-state index contributed by atoms with van der Waals surface area (Å²) >= 11 is 3.39. The molecule has 1 unspecified atom stereocenters. The van der Waals surface area contributed by atoms with Crippen LogP contribution in [0.15, 0.2) is 28.7 Å². The Morgan fingerprint density at radius 3 is 2.83 bits per heavy atom. The third kappa shape index (κ3) is 3.54. The van der Waals surface area contributed by atoms with Crippen molar-refractivity contribution in [3.05, 3.63) is 34.3 Å². The highest BCUT2D eigenvalue weighted by Gasteiger charge is 2.24. The molecule has 0 aromatic heterocycles. The van der Waals surface area contributed by atoms with Crippen molar-refractivity contribution < 1.29 is 9.53 Å². The van der Waals surface area contributed by atoms with E-state index in [1.807, 2.05) is 31.3 Å². The smallest absolute Gasteiger partial charge is 0.253 e. The molecule has 1 N–H and O–H groups in total. The Bertz CT molecular complexity index is 402. The lowest BCUT2D eigenvalue weighted by Crippen LogP contribution is -2.48. The number of nitrogens with one attached hydrogen (secondary N) is 1. The number of ether oxygens (including phenoxy) is 1. The first-order chi connectivity index (χ1) is 8.66. The molecule has 1 aromatic carbocycles. The van der Waals surface area contributed by atoms with Crippen molar-refractivity contribution in [2.45, 2.75) is 12.6 Å². The SMILES string of the molecule is CN(Cc1ccc(Br)cc1)C(=O)C1CNCCO1. The van der Waals surface area contributed by atoms with E-state index in [0.717, 1.165) is 16.6 Å². The zero-order valence-electron chi connectivity index (χ0n) is 10.4. The minimum Gasteiger partial charge on any atom is -0.366 e. The van der Waals surface area contributed by atoms with Crippen LogP contribution in [0.3, 0.4) is 0 Å². The first-order valence-electron chi connectivity index (χ1n) is 5.98. The number of hydrogen-bond acceptors (Lipinski definition) is 3. The highest BCUT2D eigenvalue weighted by Crippen LogP contribution is 2.12. The van der Waals surface area contributed by atoms with E-state index in [2.05, 4.69) is 21.2 Å². The molecule has 0 saturated carbocycles. The maximum absolute atomic E-state index is 12.1. The van der Waals surface area contributed by atoms with Gasteiger partial charge in [-0.15, -0.1) is 0 Å². The molecule has 18 heavy (non-hydrogen) atoms. The van der Waals surface area contributed by atoms with Crippen molar-refractivity contribution in [2.75, 3.05) is 26.7 Å². The van der Waals surface area contributed by atoms with E-state index in [4.69, 9.17) is 4.74 Å². The average molecular weight is 313 g/mol. The van der Waals surface area contributed by atoms with E-state index in [-0.39, 0.29) is 12.0 Å². The zero-order valence-corrected chi connectivity index (χ0v) is 11.9. The average Bonchev–Trinajstić information content (AvgIpc) is 2.41. The van der Waals surface area contributed by atoms with Crippen LogP contribution in [0.1, 0.15) is 5.56 Å². The molecule has 98 valence electrons. The molecule has 1 aliphatic heterocycles. The molecular formula is C13H17BrN2O2. The topological polar surface area (TPSA) is 41.6 Å². The van der Waals surface area contributed by atoms with Gasteiger partial charge in [-0.3, -0.25) is 4.79 Å². The Labute approximate surface area is 115 Å². The second-order valence-corrected chi connectivity index (χ2v) is 5.30. The number of benzene rings is 1. The number of likely N-dealkylation sites (N-methyl/N-ethyl adjacent to an activating group) is 1. The van der Waals surface area contributed by atoms with Crippen molar-refractivity contribution in [1.82, 2.24) is 10.2 Å². The summed E-state index contributed by atoms with van der Waals surface area (Å²) in [6.45, 7) is 2.62. The van der Waals surface area contributed by atoms with Crippen LogP contribution < -0.4 is 5.32 Å². The van der Waals surface area contributed by atoms with Crippen molar-refractivity contribution in [2.24, 2.45) is 0 Å². The van der Waals surface area contributed by atoms with E-state index in [0.29, 0.717) is 19.7 Å². The van der Waals surface area contributed by atoms with Gasteiger partial charge in [0.05, 0.1) is 6.61 Å². The predicted octanol–water partition coefficient (Wildman–Crippen LogP) is 1.40. The Morgan fingerprint density at radius 1 is 1.50 bits per heavy atom. The lowest BCUT2D eigenvalue weighted by Gasteiger charge is -2.27.